The Labute approximate surface area is 113 Å². The highest BCUT2D eigenvalue weighted by Gasteiger charge is 2.16. The maximum absolute atomic E-state index is 11.0. The van der Waals surface area contributed by atoms with Crippen molar-refractivity contribution in [1.29, 1.82) is 0 Å². The third-order valence-electron chi connectivity index (χ3n) is 2.37. The highest BCUT2D eigenvalue weighted by atomic mass is 32.1. The summed E-state index contributed by atoms with van der Waals surface area (Å²) in [4.78, 5) is 21.8. The fourth-order valence-corrected chi connectivity index (χ4v) is 3.01. The summed E-state index contributed by atoms with van der Waals surface area (Å²) in [5, 5.41) is 12.7. The molecule has 0 aliphatic rings. The monoisotopic (exact) mass is 283 g/mol. The van der Waals surface area contributed by atoms with E-state index < -0.39 is 5.97 Å². The highest BCUT2D eigenvalue weighted by Crippen LogP contribution is 2.26. The van der Waals surface area contributed by atoms with Crippen LogP contribution in [0.15, 0.2) is 5.38 Å². The minimum absolute atomic E-state index is 0.298. The fraction of sp³-hybridized carbons (Fsp3) is 0.364. The van der Waals surface area contributed by atoms with Crippen LogP contribution in [-0.4, -0.2) is 28.1 Å². The maximum Gasteiger partial charge on any atom is 0.347 e. The van der Waals surface area contributed by atoms with Crippen molar-refractivity contribution in [3.05, 3.63) is 26.7 Å². The molecule has 96 valence electrons. The normalized spacial score (nSPS) is 10.6. The van der Waals surface area contributed by atoms with Gasteiger partial charge in [-0.05, 0) is 13.8 Å². The third kappa shape index (κ3) is 2.68. The Morgan fingerprint density at radius 3 is 2.67 bits per heavy atom. The van der Waals surface area contributed by atoms with Crippen LogP contribution in [0.3, 0.4) is 0 Å². The summed E-state index contributed by atoms with van der Waals surface area (Å²) in [6, 6.07) is 0. The minimum atomic E-state index is -0.922. The van der Waals surface area contributed by atoms with E-state index in [1.165, 1.54) is 11.3 Å². The Morgan fingerprint density at radius 2 is 2.17 bits per heavy atom. The number of aromatic nitrogens is 2. The van der Waals surface area contributed by atoms with Crippen LogP contribution in [-0.2, 0) is 6.54 Å². The van der Waals surface area contributed by atoms with E-state index in [9.17, 15) is 4.79 Å². The number of carbonyl (C=O) groups is 1. The summed E-state index contributed by atoms with van der Waals surface area (Å²) < 4.78 is 0. The van der Waals surface area contributed by atoms with Crippen LogP contribution in [0.25, 0.3) is 0 Å². The molecule has 0 radical (unpaired) electrons. The first-order valence-electron chi connectivity index (χ1n) is 5.30. The lowest BCUT2D eigenvalue weighted by Crippen LogP contribution is -2.16. The predicted molar refractivity (Wildman–Crippen MR) is 72.8 cm³/mol. The number of nitrogens with zero attached hydrogens (tertiary/aromatic N) is 3. The number of aryl methyl sites for hydroxylation is 2. The molecule has 0 spiro atoms. The van der Waals surface area contributed by atoms with Gasteiger partial charge in [-0.1, -0.05) is 11.3 Å². The molecular formula is C11H13N3O2S2. The molecule has 0 amide bonds. The van der Waals surface area contributed by atoms with Crippen LogP contribution in [0.2, 0.25) is 0 Å². The lowest BCUT2D eigenvalue weighted by molar-refractivity contribution is 0.0701. The van der Waals surface area contributed by atoms with E-state index in [4.69, 9.17) is 5.11 Å². The molecular weight excluding hydrogens is 270 g/mol. The SMILES string of the molecule is Cc1nc(CN(C)c2nc(C)c(C(=O)O)s2)cs1. The van der Waals surface area contributed by atoms with Crippen LogP contribution in [0.1, 0.15) is 26.1 Å². The summed E-state index contributed by atoms with van der Waals surface area (Å²) in [7, 11) is 1.89. The van der Waals surface area contributed by atoms with Crippen LogP contribution in [0.4, 0.5) is 5.13 Å². The fourth-order valence-electron chi connectivity index (χ4n) is 1.54. The molecule has 0 saturated carbocycles. The Morgan fingerprint density at radius 1 is 1.44 bits per heavy atom. The zero-order chi connectivity index (χ0) is 13.3. The zero-order valence-electron chi connectivity index (χ0n) is 10.3. The molecule has 0 atom stereocenters. The number of hydrogen-bond donors (Lipinski definition) is 1. The lowest BCUT2D eigenvalue weighted by Gasteiger charge is -2.13. The van der Waals surface area contributed by atoms with Gasteiger partial charge in [0.2, 0.25) is 0 Å². The van der Waals surface area contributed by atoms with E-state index >= 15 is 0 Å². The molecule has 0 bridgehead atoms. The van der Waals surface area contributed by atoms with Gasteiger partial charge in [-0.2, -0.15) is 0 Å². The largest absolute Gasteiger partial charge is 0.477 e. The standard InChI is InChI=1S/C11H13N3O2S2/c1-6-9(10(15)16)18-11(12-6)14(3)4-8-5-17-7(2)13-8/h5H,4H2,1-3H3,(H,15,16). The van der Waals surface area contributed by atoms with Crippen molar-refractivity contribution in [2.24, 2.45) is 0 Å². The molecule has 0 saturated heterocycles. The molecule has 2 rings (SSSR count). The van der Waals surface area contributed by atoms with E-state index in [2.05, 4.69) is 9.97 Å². The van der Waals surface area contributed by atoms with Gasteiger partial charge in [0, 0.05) is 12.4 Å². The first-order chi connectivity index (χ1) is 8.47. The van der Waals surface area contributed by atoms with Gasteiger partial charge in [0.05, 0.1) is 22.9 Å². The molecule has 0 fully saturated rings. The first kappa shape index (κ1) is 13.0. The number of carboxylic acid groups (broad SMARTS) is 1. The highest BCUT2D eigenvalue weighted by molar-refractivity contribution is 7.17. The van der Waals surface area contributed by atoms with E-state index in [0.29, 0.717) is 22.2 Å². The average molecular weight is 283 g/mol. The molecule has 1 N–H and O–H groups in total. The summed E-state index contributed by atoms with van der Waals surface area (Å²) in [6.07, 6.45) is 0. The van der Waals surface area contributed by atoms with E-state index in [-0.39, 0.29) is 0 Å². The smallest absolute Gasteiger partial charge is 0.347 e. The summed E-state index contributed by atoms with van der Waals surface area (Å²) in [5.41, 5.74) is 1.54. The van der Waals surface area contributed by atoms with Gasteiger partial charge in [-0.25, -0.2) is 14.8 Å². The topological polar surface area (TPSA) is 66.3 Å². The minimum Gasteiger partial charge on any atom is -0.477 e. The quantitative estimate of drug-likeness (QED) is 0.934. The van der Waals surface area contributed by atoms with E-state index in [1.807, 2.05) is 24.3 Å². The van der Waals surface area contributed by atoms with Gasteiger partial charge >= 0.3 is 5.97 Å². The van der Waals surface area contributed by atoms with Gasteiger partial charge in [0.25, 0.3) is 0 Å². The molecule has 0 aliphatic carbocycles. The Hall–Kier alpha value is -1.47. The number of hydrogen-bond acceptors (Lipinski definition) is 6. The van der Waals surface area contributed by atoms with Crippen LogP contribution < -0.4 is 4.90 Å². The second-order valence-electron chi connectivity index (χ2n) is 3.93. The van der Waals surface area contributed by atoms with Gasteiger partial charge in [0.1, 0.15) is 4.88 Å². The molecule has 2 aromatic rings. The molecule has 0 aromatic carbocycles. The van der Waals surface area contributed by atoms with E-state index in [0.717, 1.165) is 10.7 Å². The van der Waals surface area contributed by atoms with Crippen molar-refractivity contribution >= 4 is 33.8 Å². The second-order valence-corrected chi connectivity index (χ2v) is 5.97. The van der Waals surface area contributed by atoms with Crippen molar-refractivity contribution in [2.75, 3.05) is 11.9 Å². The predicted octanol–water partition coefficient (Wildman–Crippen LogP) is 2.55. The van der Waals surface area contributed by atoms with Crippen molar-refractivity contribution < 1.29 is 9.90 Å². The molecule has 5 nitrogen and oxygen atoms in total. The molecule has 18 heavy (non-hydrogen) atoms. The molecule has 7 heteroatoms. The Kier molecular flexibility index (Phi) is 3.63. The maximum atomic E-state index is 11.0. The molecule has 2 heterocycles. The first-order valence-corrected chi connectivity index (χ1v) is 7.00. The van der Waals surface area contributed by atoms with E-state index in [1.54, 1.807) is 18.3 Å². The van der Waals surface area contributed by atoms with Crippen molar-refractivity contribution in [3.63, 3.8) is 0 Å². The van der Waals surface area contributed by atoms with Gasteiger partial charge in [0.15, 0.2) is 5.13 Å². The van der Waals surface area contributed by atoms with Gasteiger partial charge in [-0.15, -0.1) is 11.3 Å². The van der Waals surface area contributed by atoms with Crippen LogP contribution >= 0.6 is 22.7 Å². The third-order valence-corrected chi connectivity index (χ3v) is 4.45. The Bertz CT molecular complexity index is 577. The Balaban J connectivity index is 2.16. The van der Waals surface area contributed by atoms with Crippen LogP contribution in [0.5, 0.6) is 0 Å². The van der Waals surface area contributed by atoms with Gasteiger partial charge < -0.3 is 10.0 Å². The molecule has 2 aromatic heterocycles. The number of aromatic carboxylic acids is 1. The number of rotatable bonds is 4. The van der Waals surface area contributed by atoms with Gasteiger partial charge in [-0.3, -0.25) is 0 Å². The zero-order valence-corrected chi connectivity index (χ0v) is 11.9. The number of carboxylic acids is 1. The second kappa shape index (κ2) is 5.03. The molecule has 0 aliphatic heterocycles. The number of thiazole rings is 2. The average Bonchev–Trinajstić information content (AvgIpc) is 2.85. The van der Waals surface area contributed by atoms with Crippen molar-refractivity contribution in [1.82, 2.24) is 9.97 Å². The molecule has 0 unspecified atom stereocenters. The van der Waals surface area contributed by atoms with Crippen LogP contribution in [0, 0.1) is 13.8 Å². The summed E-state index contributed by atoms with van der Waals surface area (Å²) in [5.74, 6) is -0.922. The summed E-state index contributed by atoms with van der Waals surface area (Å²) >= 11 is 2.80. The van der Waals surface area contributed by atoms with Crippen molar-refractivity contribution in [2.45, 2.75) is 20.4 Å². The van der Waals surface area contributed by atoms with Crippen molar-refractivity contribution in [3.8, 4) is 0 Å². The number of anilines is 1. The lowest BCUT2D eigenvalue weighted by atomic mass is 10.4. The summed E-state index contributed by atoms with van der Waals surface area (Å²) in [6.45, 7) is 4.31.